The van der Waals surface area contributed by atoms with Gasteiger partial charge in [0.05, 0.1) is 33.0 Å². The van der Waals surface area contributed by atoms with Gasteiger partial charge in [0.2, 0.25) is 8.32 Å². The van der Waals surface area contributed by atoms with E-state index in [1.165, 1.54) is 6.07 Å². The summed E-state index contributed by atoms with van der Waals surface area (Å²) < 4.78 is 20.3. The number of rotatable bonds is 20. The molecule has 0 saturated carbocycles. The third-order valence-electron chi connectivity index (χ3n) is 17.1. The number of esters is 3. The van der Waals surface area contributed by atoms with Crippen LogP contribution >= 0.6 is 34.8 Å². The highest BCUT2D eigenvalue weighted by Crippen LogP contribution is 2.39. The molecule has 0 unspecified atom stereocenters. The van der Waals surface area contributed by atoms with Crippen LogP contribution in [0.5, 0.6) is 11.5 Å². The first-order valence-corrected chi connectivity index (χ1v) is 43.6. The Bertz CT molecular complexity index is 5390. The zero-order valence-electron chi connectivity index (χ0n) is 71.0. The average Bonchev–Trinajstić information content (AvgIpc) is 0.761. The summed E-state index contributed by atoms with van der Waals surface area (Å²) in [5, 5.41) is 53.9. The van der Waals surface area contributed by atoms with Crippen LogP contribution in [-0.2, 0) is 33.4 Å². The van der Waals surface area contributed by atoms with Crippen LogP contribution in [0, 0.1) is 25.2 Å². The van der Waals surface area contributed by atoms with E-state index in [4.69, 9.17) is 96.2 Å². The number of aliphatic hydroxyl groups is 3. The Morgan fingerprint density at radius 3 is 1.00 bits per heavy atom. The summed E-state index contributed by atoms with van der Waals surface area (Å²) >= 11 is 17.9. The molecule has 0 fully saturated rings. The number of ether oxygens (including phenoxy) is 3. The number of terminal acetylenes is 2. The Kier molecular flexibility index (Phi) is 46.4. The first-order valence-electron chi connectivity index (χ1n) is 38.9. The summed E-state index contributed by atoms with van der Waals surface area (Å²) in [4.78, 5) is 150. The minimum atomic E-state index is -1.46. The molecule has 0 atom stereocenters. The number of alkyl halides is 1. The quantitative estimate of drug-likeness (QED) is 0.00495. The van der Waals surface area contributed by atoms with Crippen LogP contribution in [-0.4, -0.2) is 238 Å². The number of imide groups is 4. The van der Waals surface area contributed by atoms with E-state index in [1.807, 2.05) is 36.4 Å². The molecule has 0 aromatic heterocycles. The zero-order chi connectivity index (χ0) is 94.9. The number of carboxylic acids is 1. The largest absolute Gasteiger partial charge is 0.544 e. The summed E-state index contributed by atoms with van der Waals surface area (Å²) in [6.07, 6.45) is 12.6. The molecule has 10 aromatic carbocycles. The highest BCUT2D eigenvalue weighted by molar-refractivity contribution is 7.17. The molecular weight excluding hydrogens is 1720 g/mol. The average molecular weight is 1820 g/mol. The number of amides is 8. The summed E-state index contributed by atoms with van der Waals surface area (Å²) in [6.45, 7) is 15.1. The van der Waals surface area contributed by atoms with Crippen molar-refractivity contribution in [3.05, 3.63) is 224 Å². The van der Waals surface area contributed by atoms with Crippen molar-refractivity contribution >= 4 is 203 Å². The highest BCUT2D eigenvalue weighted by Gasteiger charge is 2.39. The predicted octanol–water partition coefficient (Wildman–Crippen LogP) is 11.7. The predicted molar refractivity (Wildman–Crippen MR) is 504 cm³/mol. The Balaban J connectivity index is 0.000000392. The SMILES string of the molecule is C.C#C.C#CC.CCO.CCOC(=O)CN1C(=O)c2cccc3c(Cl)ccc(c23)C1=O.CCOC(=O)CN1C(=O)c2cccc3c(NCCCl)ccc(c23)C1=O.CCOC(=O)CN1C(=O)c2cccc3c(NCCO)ccc(c23)C1=O.C[Si](C)(C)Oc1ccc(N)cc1.NCCO.Nc1ccc(O)cc1.O=C(O)CN1C(=O)c2cccc3c(Cl)ccc(c23)C1=O.[B][B][B]. The number of aliphatic carboxylic acids is 1. The number of hydrogen-bond donors (Lipinski definition) is 10. The number of carbonyl (C=O) groups is 12. The Morgan fingerprint density at radius 2 is 0.734 bits per heavy atom. The van der Waals surface area contributed by atoms with Gasteiger partial charge in [0.15, 0.2) is 0 Å². The van der Waals surface area contributed by atoms with Crippen LogP contribution in [0.3, 0.4) is 0 Å². The van der Waals surface area contributed by atoms with Crippen molar-refractivity contribution < 1.29 is 102 Å². The van der Waals surface area contributed by atoms with Gasteiger partial charge in [-0.05, 0) is 176 Å². The number of anilines is 4. The van der Waals surface area contributed by atoms with Gasteiger partial charge in [-0.3, -0.25) is 77.1 Å². The van der Waals surface area contributed by atoms with Crippen molar-refractivity contribution in [2.45, 2.75) is 61.7 Å². The summed E-state index contributed by atoms with van der Waals surface area (Å²) in [5.41, 5.74) is 21.4. The van der Waals surface area contributed by atoms with E-state index < -0.39 is 106 Å². The molecule has 37 heteroatoms. The molecule has 0 saturated heterocycles. The normalized spacial score (nSPS) is 11.9. The van der Waals surface area contributed by atoms with E-state index in [2.05, 4.69) is 70.9 Å². The molecular formula is C91H100B3Cl3N9O21Si. The Morgan fingerprint density at radius 1 is 0.469 bits per heavy atom. The fourth-order valence-corrected chi connectivity index (χ4v) is 13.7. The van der Waals surface area contributed by atoms with Gasteiger partial charge in [-0.1, -0.05) is 79.2 Å². The van der Waals surface area contributed by atoms with Crippen LogP contribution in [0.2, 0.25) is 29.7 Å². The molecule has 0 spiro atoms. The number of nitrogens with one attached hydrogen (secondary N) is 2. The topological polar surface area (TPSA) is 458 Å². The smallest absolute Gasteiger partial charge is 0.326 e. The van der Waals surface area contributed by atoms with Gasteiger partial charge in [-0.2, -0.15) is 0 Å². The number of aliphatic hydroxyl groups excluding tert-OH is 3. The number of nitrogens with two attached hydrogens (primary N) is 3. The van der Waals surface area contributed by atoms with Gasteiger partial charge in [0.1, 0.15) is 37.7 Å². The monoisotopic (exact) mass is 1820 g/mol. The van der Waals surface area contributed by atoms with E-state index in [1.54, 1.807) is 162 Å². The first-order chi connectivity index (χ1) is 60.6. The number of halogens is 3. The fourth-order valence-electron chi connectivity index (χ4n) is 12.3. The number of phenolic OH excluding ortho intramolecular Hbond substituents is 1. The van der Waals surface area contributed by atoms with Crippen LogP contribution in [0.4, 0.5) is 22.7 Å². The van der Waals surface area contributed by atoms with Crippen LogP contribution in [0.25, 0.3) is 43.1 Å². The maximum atomic E-state index is 12.7. The highest BCUT2D eigenvalue weighted by atomic mass is 35.5. The molecule has 4 heterocycles. The molecule has 0 aliphatic carbocycles. The molecule has 30 nitrogen and oxygen atoms in total. The van der Waals surface area contributed by atoms with E-state index >= 15 is 0 Å². The summed E-state index contributed by atoms with van der Waals surface area (Å²) in [5.74, 6) is -3.52. The van der Waals surface area contributed by atoms with Gasteiger partial charge in [0, 0.05) is 175 Å². The van der Waals surface area contributed by atoms with E-state index in [9.17, 15) is 57.5 Å². The van der Waals surface area contributed by atoms with Crippen LogP contribution in [0.15, 0.2) is 170 Å². The summed E-state index contributed by atoms with van der Waals surface area (Å²) in [7, 11) is 8.54. The minimum Gasteiger partial charge on any atom is -0.544 e. The van der Waals surface area contributed by atoms with Crippen LogP contribution < -0.4 is 32.3 Å². The Hall–Kier alpha value is -13.3. The first kappa shape index (κ1) is 109. The van der Waals surface area contributed by atoms with Crippen molar-refractivity contribution in [1.82, 2.24) is 19.6 Å². The van der Waals surface area contributed by atoms with E-state index in [0.29, 0.717) is 118 Å². The number of nitrogen functional groups attached to an aromatic ring is 2. The fraction of sp³-hybridized carbons (Fsp3) is 0.253. The number of aromatic hydroxyl groups is 1. The lowest BCUT2D eigenvalue weighted by molar-refractivity contribution is -0.144. The van der Waals surface area contributed by atoms with Crippen molar-refractivity contribution in [3.63, 3.8) is 0 Å². The molecule has 0 bridgehead atoms. The van der Waals surface area contributed by atoms with Crippen molar-refractivity contribution in [1.29, 1.82) is 0 Å². The zero-order valence-corrected chi connectivity index (χ0v) is 74.2. The second-order valence-electron chi connectivity index (χ2n) is 27.0. The third-order valence-corrected chi connectivity index (χ3v) is 18.8. The number of carbonyl (C=O) groups excluding carboxylic acids is 11. The summed E-state index contributed by atoms with van der Waals surface area (Å²) in [6, 6.07) is 47.4. The molecule has 128 heavy (non-hydrogen) atoms. The lowest BCUT2D eigenvalue weighted by atomic mass is 9.40. The molecule has 4 aliphatic rings. The van der Waals surface area contributed by atoms with Crippen molar-refractivity contribution in [2.75, 3.05) is 113 Å². The molecule has 14 rings (SSSR count). The molecule has 13 N–H and O–H groups in total. The van der Waals surface area contributed by atoms with Gasteiger partial charge in [-0.25, -0.2) is 0 Å². The molecule has 5 radical (unpaired) electrons. The van der Waals surface area contributed by atoms with E-state index in [0.717, 1.165) is 60.2 Å². The third kappa shape index (κ3) is 29.7. The number of carboxylic acid groups (broad SMARTS) is 1. The maximum absolute atomic E-state index is 12.7. The second-order valence-corrected chi connectivity index (χ2v) is 32.6. The van der Waals surface area contributed by atoms with Gasteiger partial charge >= 0.3 is 23.9 Å². The van der Waals surface area contributed by atoms with E-state index in [-0.39, 0.29) is 52.8 Å². The van der Waals surface area contributed by atoms with Crippen molar-refractivity contribution in [3.8, 4) is 36.7 Å². The molecule has 4 aliphatic heterocycles. The Labute approximate surface area is 761 Å². The number of nitrogens with zero attached hydrogens (tertiary/aromatic N) is 4. The van der Waals surface area contributed by atoms with Gasteiger partial charge in [0.25, 0.3) is 47.3 Å². The maximum Gasteiger partial charge on any atom is 0.326 e. The van der Waals surface area contributed by atoms with Crippen molar-refractivity contribution in [2.24, 2.45) is 5.73 Å². The molecule has 8 amide bonds. The number of hydrogen-bond acceptors (Lipinski definition) is 25. The second kappa shape index (κ2) is 54.6. The molecule has 10 aromatic rings. The number of phenols is 1. The van der Waals surface area contributed by atoms with Gasteiger partial charge in [-0.15, -0.1) is 36.8 Å². The lowest BCUT2D eigenvalue weighted by Gasteiger charge is -2.27. The molecule has 669 valence electrons. The lowest BCUT2D eigenvalue weighted by Crippen LogP contribution is -2.43. The van der Waals surface area contributed by atoms with Crippen LogP contribution in [0.1, 0.15) is 125 Å². The number of benzene rings is 10. The minimum absolute atomic E-state index is 0. The standard InChI is InChI=1S/C18H17ClN2O4.C18H18N2O5.C16H12ClNO4.C14H8ClNO4.C9H15NOSi.C6H7NO.C3H4.C2H7NO.C2H6O.C2H2.CH4.B3/c1-2-25-15(22)10-21-17(23)12-5-3-4-11-14(20-9-8-19)7-6-13(16(11)12)18(21)24;1-2-25-15(22)10-20-17(23)12-5-3-4-11-14(19-8-9-21)7-6-13(16(11)12)18(20)24;1-2-22-13(19)8-18-15(20)10-5-3-4-9-12(17)7-6-11(14(9)10)16(18)21;15-10-5-4-9-12-7(10)2-1-3-8(12)13(19)16(14(9)20)6-11(17)18;1-12(2,3)11-9-6-4-8(10)5-7-9;7-5-1-3-6(8)4-2-5;1-3-2;3-1-2-4;1-2-3;1-2;;1-3-2/h3-7,20H,2,8-10H2,1H3;3-7,19,21H,2,8-10H2,1H3;3-7H,2,8H2,1H3;1-5H,6H2,(H,17,18);4-7H,10H2,1-3H3;1-4,8H,7H2;1H,2H3;4H,1-3H2;3H,2H2,1H3;1-2H;1H4;. The van der Waals surface area contributed by atoms with Gasteiger partial charge < -0.3 is 72.0 Å².